The first-order valence-electron chi connectivity index (χ1n) is 10.6. The fraction of sp³-hybridized carbons (Fsp3) is 0.360. The Labute approximate surface area is 188 Å². The highest BCUT2D eigenvalue weighted by atomic mass is 16.5. The molecule has 0 amide bonds. The molecule has 1 aliphatic heterocycles. The summed E-state index contributed by atoms with van der Waals surface area (Å²) in [5.41, 5.74) is 16.8. The number of aryl methyl sites for hydroxylation is 1. The molecule has 1 unspecified atom stereocenters. The fourth-order valence-electron chi connectivity index (χ4n) is 4.22. The first kappa shape index (κ1) is 23.2. The number of phenols is 1. The molecule has 0 aliphatic carbocycles. The highest BCUT2D eigenvalue weighted by molar-refractivity contribution is 5.86. The van der Waals surface area contributed by atoms with Gasteiger partial charge >= 0.3 is 5.97 Å². The van der Waals surface area contributed by atoms with Crippen LogP contribution in [0.25, 0.3) is 6.08 Å². The maximum atomic E-state index is 11.0. The minimum Gasteiger partial charge on any atom is -0.507 e. The van der Waals surface area contributed by atoms with Gasteiger partial charge < -0.3 is 26.4 Å². The van der Waals surface area contributed by atoms with E-state index in [1.807, 2.05) is 32.9 Å². The number of hydrogen-bond donors (Lipinski definition) is 4. The van der Waals surface area contributed by atoms with Crippen LogP contribution >= 0.6 is 0 Å². The largest absolute Gasteiger partial charge is 0.507 e. The van der Waals surface area contributed by atoms with E-state index in [0.717, 1.165) is 64.5 Å². The van der Waals surface area contributed by atoms with Gasteiger partial charge in [0.05, 0.1) is 5.69 Å². The maximum Gasteiger partial charge on any atom is 0.328 e. The van der Waals surface area contributed by atoms with Gasteiger partial charge in [-0.2, -0.15) is 0 Å². The van der Waals surface area contributed by atoms with Crippen molar-refractivity contribution in [3.8, 4) is 11.5 Å². The molecule has 3 rings (SSSR count). The second-order valence-electron chi connectivity index (χ2n) is 8.67. The lowest BCUT2D eigenvalue weighted by Gasteiger charge is -2.38. The number of nitrogens with two attached hydrogens (primary N) is 2. The Hall–Kier alpha value is -3.48. The van der Waals surface area contributed by atoms with Gasteiger partial charge in [-0.25, -0.2) is 9.79 Å². The molecule has 1 aliphatic rings. The summed E-state index contributed by atoms with van der Waals surface area (Å²) in [6.07, 6.45) is 5.73. The summed E-state index contributed by atoms with van der Waals surface area (Å²) in [5, 5.41) is 19.4. The molecule has 0 saturated heterocycles. The Morgan fingerprint density at radius 3 is 2.59 bits per heavy atom. The molecule has 1 heterocycles. The van der Waals surface area contributed by atoms with Gasteiger partial charge in [-0.15, -0.1) is 0 Å². The number of nitrogens with zero attached hydrogens (tertiary/aromatic N) is 1. The number of carboxylic acids is 1. The van der Waals surface area contributed by atoms with Crippen LogP contribution < -0.4 is 16.2 Å². The zero-order chi connectivity index (χ0) is 23.6. The van der Waals surface area contributed by atoms with Gasteiger partial charge in [0.2, 0.25) is 0 Å². The van der Waals surface area contributed by atoms with E-state index in [0.29, 0.717) is 17.9 Å². The smallest absolute Gasteiger partial charge is 0.328 e. The summed E-state index contributed by atoms with van der Waals surface area (Å²) in [4.78, 5) is 15.1. The molecule has 0 bridgehead atoms. The summed E-state index contributed by atoms with van der Waals surface area (Å²) < 4.78 is 6.53. The number of phenolic OH excluding ortho intramolecular Hbond substituents is 1. The van der Waals surface area contributed by atoms with Crippen LogP contribution in [0.5, 0.6) is 11.5 Å². The van der Waals surface area contributed by atoms with E-state index in [4.69, 9.17) is 21.3 Å². The van der Waals surface area contributed by atoms with Crippen molar-refractivity contribution in [1.29, 1.82) is 0 Å². The molecule has 2 aromatic rings. The molecule has 0 radical (unpaired) electrons. The lowest BCUT2D eigenvalue weighted by Crippen LogP contribution is -2.37. The molecular formula is C25H31N3O4. The minimum atomic E-state index is -1.01. The van der Waals surface area contributed by atoms with Crippen molar-refractivity contribution in [2.75, 3.05) is 0 Å². The number of aliphatic imine (C=N–C) groups is 1. The number of rotatable bonds is 6. The Kier molecular flexibility index (Phi) is 6.48. The first-order chi connectivity index (χ1) is 15.0. The van der Waals surface area contributed by atoms with Gasteiger partial charge in [0.1, 0.15) is 17.1 Å². The Balaban J connectivity index is 1.89. The van der Waals surface area contributed by atoms with E-state index in [9.17, 15) is 9.90 Å². The van der Waals surface area contributed by atoms with Crippen molar-refractivity contribution in [2.45, 2.75) is 59.0 Å². The number of carboxylic acid groups (broad SMARTS) is 1. The average Bonchev–Trinajstić information content (AvgIpc) is 2.73. The van der Waals surface area contributed by atoms with Crippen LogP contribution in [-0.2, 0) is 17.6 Å². The molecule has 7 nitrogen and oxygen atoms in total. The molecule has 170 valence electrons. The van der Waals surface area contributed by atoms with E-state index in [1.54, 1.807) is 12.1 Å². The molecule has 32 heavy (non-hydrogen) atoms. The van der Waals surface area contributed by atoms with Gasteiger partial charge in [-0.1, -0.05) is 6.07 Å². The SMILES string of the molecule is Cc1c(C)c2c(c(C)c1O)CCC(C)(CCc1cc(N=C(N)N)ccc1C=CC(=O)O)O2. The number of aromatic hydroxyl groups is 1. The van der Waals surface area contributed by atoms with Crippen LogP contribution in [0.3, 0.4) is 0 Å². The predicted octanol–water partition coefficient (Wildman–Crippen LogP) is 4.04. The van der Waals surface area contributed by atoms with Crippen LogP contribution in [0.1, 0.15) is 53.1 Å². The van der Waals surface area contributed by atoms with E-state index in [-0.39, 0.29) is 5.96 Å². The topological polar surface area (TPSA) is 131 Å². The molecule has 0 aromatic heterocycles. The van der Waals surface area contributed by atoms with Crippen LogP contribution in [0.2, 0.25) is 0 Å². The highest BCUT2D eigenvalue weighted by Gasteiger charge is 2.34. The van der Waals surface area contributed by atoms with Crippen molar-refractivity contribution < 1.29 is 19.7 Å². The third-order valence-corrected chi connectivity index (χ3v) is 6.31. The molecule has 6 N–H and O–H groups in total. The fourth-order valence-corrected chi connectivity index (χ4v) is 4.22. The van der Waals surface area contributed by atoms with Gasteiger partial charge in [-0.3, -0.25) is 0 Å². The Morgan fingerprint density at radius 1 is 1.22 bits per heavy atom. The zero-order valence-electron chi connectivity index (χ0n) is 19.0. The number of hydrogen-bond acceptors (Lipinski definition) is 4. The number of carbonyl (C=O) groups is 1. The van der Waals surface area contributed by atoms with Gasteiger partial charge in [0.15, 0.2) is 5.96 Å². The average molecular weight is 438 g/mol. The lowest BCUT2D eigenvalue weighted by molar-refractivity contribution is -0.131. The third kappa shape index (κ3) is 4.88. The number of aliphatic carboxylic acids is 1. The normalized spacial score (nSPS) is 17.6. The first-order valence-corrected chi connectivity index (χ1v) is 10.6. The monoisotopic (exact) mass is 437 g/mol. The molecule has 1 atom stereocenters. The Bertz CT molecular complexity index is 1120. The van der Waals surface area contributed by atoms with Gasteiger partial charge in [-0.05, 0) is 99.4 Å². The van der Waals surface area contributed by atoms with Crippen LogP contribution in [0, 0.1) is 20.8 Å². The van der Waals surface area contributed by atoms with Crippen molar-refractivity contribution >= 4 is 23.7 Å². The van der Waals surface area contributed by atoms with E-state index in [2.05, 4.69) is 11.9 Å². The number of benzene rings is 2. The lowest BCUT2D eigenvalue weighted by atomic mass is 9.84. The molecule has 0 fully saturated rings. The van der Waals surface area contributed by atoms with Crippen molar-refractivity contribution in [3.63, 3.8) is 0 Å². The summed E-state index contributed by atoms with van der Waals surface area (Å²) in [5.74, 6) is 0.174. The van der Waals surface area contributed by atoms with Gasteiger partial charge in [0, 0.05) is 11.6 Å². The second-order valence-corrected chi connectivity index (χ2v) is 8.67. The van der Waals surface area contributed by atoms with Gasteiger partial charge in [0.25, 0.3) is 0 Å². The van der Waals surface area contributed by atoms with Crippen LogP contribution in [-0.4, -0.2) is 27.7 Å². The van der Waals surface area contributed by atoms with Crippen molar-refractivity contribution in [2.24, 2.45) is 16.5 Å². The zero-order valence-corrected chi connectivity index (χ0v) is 19.0. The van der Waals surface area contributed by atoms with Crippen molar-refractivity contribution in [3.05, 3.63) is 57.7 Å². The summed E-state index contributed by atoms with van der Waals surface area (Å²) in [6.45, 7) is 7.92. The predicted molar refractivity (Wildman–Crippen MR) is 127 cm³/mol. The number of ether oxygens (including phenoxy) is 1. The second kappa shape index (κ2) is 8.94. The standard InChI is InChI=1S/C25H31N3O4/c1-14-15(2)23-20(16(3)22(14)31)10-12-25(4,32-23)11-9-18-13-19(28-24(26)27)7-5-17(18)6-8-21(29)30/h5-8,13,31H,9-12H2,1-4H3,(H,29,30)(H4,26,27,28). The summed E-state index contributed by atoms with van der Waals surface area (Å²) >= 11 is 0. The van der Waals surface area contributed by atoms with Crippen LogP contribution in [0.15, 0.2) is 29.3 Å². The summed E-state index contributed by atoms with van der Waals surface area (Å²) in [6, 6.07) is 5.44. The Morgan fingerprint density at radius 2 is 1.94 bits per heavy atom. The molecule has 0 spiro atoms. The van der Waals surface area contributed by atoms with E-state index in [1.165, 1.54) is 0 Å². The molecule has 0 saturated carbocycles. The number of fused-ring (bicyclic) bond motifs is 1. The van der Waals surface area contributed by atoms with E-state index >= 15 is 0 Å². The van der Waals surface area contributed by atoms with Crippen molar-refractivity contribution in [1.82, 2.24) is 0 Å². The number of guanidine groups is 1. The molecular weight excluding hydrogens is 406 g/mol. The van der Waals surface area contributed by atoms with E-state index < -0.39 is 11.6 Å². The molecule has 7 heteroatoms. The molecule has 2 aromatic carbocycles. The quantitative estimate of drug-likeness (QED) is 0.306. The minimum absolute atomic E-state index is 0.0339. The third-order valence-electron chi connectivity index (χ3n) is 6.31. The summed E-state index contributed by atoms with van der Waals surface area (Å²) in [7, 11) is 0. The van der Waals surface area contributed by atoms with Crippen LogP contribution in [0.4, 0.5) is 5.69 Å². The maximum absolute atomic E-state index is 11.0. The highest BCUT2D eigenvalue weighted by Crippen LogP contribution is 2.44.